The Hall–Kier alpha value is -2.61. The van der Waals surface area contributed by atoms with E-state index in [2.05, 4.69) is 4.74 Å². The Kier molecular flexibility index (Phi) is 6.51. The van der Waals surface area contributed by atoms with Crippen LogP contribution in [-0.4, -0.2) is 48.6 Å². The van der Waals surface area contributed by atoms with E-state index in [0.29, 0.717) is 18.8 Å². The van der Waals surface area contributed by atoms with Gasteiger partial charge in [-0.25, -0.2) is 18.4 Å². The van der Waals surface area contributed by atoms with Crippen molar-refractivity contribution in [3.05, 3.63) is 65.2 Å². The molecule has 0 spiro atoms. The van der Waals surface area contributed by atoms with Crippen LogP contribution >= 0.6 is 11.8 Å². The number of rotatable bonds is 4. The molecule has 148 valence electrons. The number of hydrogen-bond donors (Lipinski definition) is 0. The van der Waals surface area contributed by atoms with E-state index in [-0.39, 0.29) is 23.7 Å². The number of halogens is 2. The van der Waals surface area contributed by atoms with Gasteiger partial charge in [0.15, 0.2) is 0 Å². The Morgan fingerprint density at radius 3 is 2.39 bits per heavy atom. The third-order valence-electron chi connectivity index (χ3n) is 4.45. The van der Waals surface area contributed by atoms with Gasteiger partial charge in [0, 0.05) is 35.8 Å². The van der Waals surface area contributed by atoms with E-state index >= 15 is 0 Å². The summed E-state index contributed by atoms with van der Waals surface area (Å²) in [6.45, 7) is 1.16. The third-order valence-corrected chi connectivity index (χ3v) is 5.40. The molecule has 0 unspecified atom stereocenters. The molecule has 2 aromatic rings. The van der Waals surface area contributed by atoms with Crippen molar-refractivity contribution in [3.8, 4) is 0 Å². The molecule has 1 heterocycles. The number of carbonyl (C=O) groups is 2. The maximum absolute atomic E-state index is 14.6. The topological polar surface area (TPSA) is 49.9 Å². The number of thioether (sulfide) groups is 1. The number of anilines is 1. The van der Waals surface area contributed by atoms with Crippen molar-refractivity contribution in [2.24, 2.45) is 0 Å². The number of urea groups is 1. The molecular formula is C20H20F2N2O3S. The number of amides is 2. The van der Waals surface area contributed by atoms with Gasteiger partial charge in [-0.1, -0.05) is 6.07 Å². The quantitative estimate of drug-likeness (QED) is 0.722. The predicted octanol–water partition coefficient (Wildman–Crippen LogP) is 3.93. The van der Waals surface area contributed by atoms with Gasteiger partial charge in [-0.15, -0.1) is 0 Å². The molecule has 2 aromatic carbocycles. The highest BCUT2D eigenvalue weighted by molar-refractivity contribution is 7.99. The van der Waals surface area contributed by atoms with E-state index in [1.54, 1.807) is 16.7 Å². The summed E-state index contributed by atoms with van der Waals surface area (Å²) in [7, 11) is 1.22. The molecule has 1 aliphatic rings. The molecular weight excluding hydrogens is 386 g/mol. The lowest BCUT2D eigenvalue weighted by atomic mass is 10.1. The molecule has 1 saturated heterocycles. The lowest BCUT2D eigenvalue weighted by Gasteiger charge is -2.33. The Morgan fingerprint density at radius 1 is 1.11 bits per heavy atom. The van der Waals surface area contributed by atoms with Crippen LogP contribution in [0.4, 0.5) is 19.3 Å². The van der Waals surface area contributed by atoms with Crippen molar-refractivity contribution >= 4 is 29.4 Å². The molecule has 0 bridgehead atoms. The first-order valence-electron chi connectivity index (χ1n) is 8.76. The summed E-state index contributed by atoms with van der Waals surface area (Å²) >= 11 is 1.77. The fourth-order valence-electron chi connectivity index (χ4n) is 2.91. The zero-order chi connectivity index (χ0) is 20.1. The molecule has 0 aliphatic carbocycles. The SMILES string of the molecule is COC(=O)c1ccc(CN(C(=O)N2CCSCC2)c2ccc(F)cc2)c(F)c1. The molecule has 0 saturated carbocycles. The van der Waals surface area contributed by atoms with Crippen LogP contribution in [0.25, 0.3) is 0 Å². The number of carbonyl (C=O) groups excluding carboxylic acids is 2. The minimum absolute atomic E-state index is 0.0403. The molecule has 8 heteroatoms. The molecule has 28 heavy (non-hydrogen) atoms. The van der Waals surface area contributed by atoms with Gasteiger partial charge in [0.25, 0.3) is 0 Å². The first-order valence-corrected chi connectivity index (χ1v) is 9.91. The summed E-state index contributed by atoms with van der Waals surface area (Å²) in [4.78, 5) is 27.8. The average molecular weight is 406 g/mol. The molecule has 0 N–H and O–H groups in total. The molecule has 1 fully saturated rings. The Balaban J connectivity index is 1.89. The number of benzene rings is 2. The van der Waals surface area contributed by atoms with Gasteiger partial charge in [0.2, 0.25) is 0 Å². The van der Waals surface area contributed by atoms with Crippen molar-refractivity contribution in [1.82, 2.24) is 4.90 Å². The van der Waals surface area contributed by atoms with E-state index in [9.17, 15) is 18.4 Å². The van der Waals surface area contributed by atoms with E-state index in [0.717, 1.165) is 17.6 Å². The standard InChI is InChI=1S/C20H20F2N2O3S/c1-27-19(25)14-2-3-15(18(22)12-14)13-24(17-6-4-16(21)5-7-17)20(26)23-8-10-28-11-9-23/h2-7,12H,8-11,13H2,1H3. The van der Waals surface area contributed by atoms with E-state index in [1.807, 2.05) is 0 Å². The maximum atomic E-state index is 14.6. The van der Waals surface area contributed by atoms with Gasteiger partial charge in [0.1, 0.15) is 11.6 Å². The monoisotopic (exact) mass is 406 g/mol. The second-order valence-electron chi connectivity index (χ2n) is 6.24. The van der Waals surface area contributed by atoms with Gasteiger partial charge in [-0.2, -0.15) is 11.8 Å². The van der Waals surface area contributed by atoms with Gasteiger partial charge < -0.3 is 9.64 Å². The van der Waals surface area contributed by atoms with Crippen molar-refractivity contribution < 1.29 is 23.1 Å². The Labute approximate surface area is 166 Å². The van der Waals surface area contributed by atoms with Crippen LogP contribution in [0.15, 0.2) is 42.5 Å². The van der Waals surface area contributed by atoms with Crippen LogP contribution in [0.3, 0.4) is 0 Å². The minimum atomic E-state index is -0.636. The molecule has 0 aromatic heterocycles. The highest BCUT2D eigenvalue weighted by Gasteiger charge is 2.25. The number of ether oxygens (including phenoxy) is 1. The Bertz CT molecular complexity index is 855. The largest absolute Gasteiger partial charge is 0.465 e. The average Bonchev–Trinajstić information content (AvgIpc) is 2.73. The number of methoxy groups -OCH3 is 1. The summed E-state index contributed by atoms with van der Waals surface area (Å²) in [6.07, 6.45) is 0. The molecule has 0 radical (unpaired) electrons. The molecule has 3 rings (SSSR count). The highest BCUT2D eigenvalue weighted by atomic mass is 32.2. The number of esters is 1. The third kappa shape index (κ3) is 4.62. The first kappa shape index (κ1) is 20.1. The molecule has 2 amide bonds. The van der Waals surface area contributed by atoms with E-state index in [1.165, 1.54) is 48.4 Å². The number of hydrogen-bond acceptors (Lipinski definition) is 4. The predicted molar refractivity (Wildman–Crippen MR) is 105 cm³/mol. The highest BCUT2D eigenvalue weighted by Crippen LogP contribution is 2.23. The van der Waals surface area contributed by atoms with Crippen LogP contribution in [0, 0.1) is 11.6 Å². The van der Waals surface area contributed by atoms with Crippen LogP contribution in [0.2, 0.25) is 0 Å². The zero-order valence-electron chi connectivity index (χ0n) is 15.4. The van der Waals surface area contributed by atoms with E-state index < -0.39 is 17.6 Å². The van der Waals surface area contributed by atoms with Crippen molar-refractivity contribution in [3.63, 3.8) is 0 Å². The van der Waals surface area contributed by atoms with Gasteiger partial charge >= 0.3 is 12.0 Å². The van der Waals surface area contributed by atoms with Crippen LogP contribution in [-0.2, 0) is 11.3 Å². The summed E-state index contributed by atoms with van der Waals surface area (Å²) in [5.41, 5.74) is 0.814. The molecule has 5 nitrogen and oxygen atoms in total. The summed E-state index contributed by atoms with van der Waals surface area (Å²) in [6, 6.07) is 9.25. The van der Waals surface area contributed by atoms with Gasteiger partial charge in [0.05, 0.1) is 19.2 Å². The van der Waals surface area contributed by atoms with Crippen LogP contribution in [0.5, 0.6) is 0 Å². The fourth-order valence-corrected chi connectivity index (χ4v) is 3.81. The number of nitrogens with zero attached hydrogens (tertiary/aromatic N) is 2. The second kappa shape index (κ2) is 9.05. The van der Waals surface area contributed by atoms with Crippen LogP contribution < -0.4 is 4.90 Å². The lowest BCUT2D eigenvalue weighted by molar-refractivity contribution is 0.0600. The smallest absolute Gasteiger partial charge is 0.337 e. The maximum Gasteiger partial charge on any atom is 0.337 e. The molecule has 1 aliphatic heterocycles. The normalized spacial score (nSPS) is 13.9. The second-order valence-corrected chi connectivity index (χ2v) is 7.47. The first-order chi connectivity index (χ1) is 13.5. The van der Waals surface area contributed by atoms with E-state index in [4.69, 9.17) is 0 Å². The summed E-state index contributed by atoms with van der Waals surface area (Å²) < 4.78 is 32.5. The molecule has 0 atom stereocenters. The summed E-state index contributed by atoms with van der Waals surface area (Å²) in [5, 5.41) is 0. The summed E-state index contributed by atoms with van der Waals surface area (Å²) in [5.74, 6) is 0.00925. The van der Waals surface area contributed by atoms with Crippen molar-refractivity contribution in [1.29, 1.82) is 0 Å². The zero-order valence-corrected chi connectivity index (χ0v) is 16.2. The minimum Gasteiger partial charge on any atom is -0.465 e. The van der Waals surface area contributed by atoms with Crippen molar-refractivity contribution in [2.75, 3.05) is 36.6 Å². The van der Waals surface area contributed by atoms with Gasteiger partial charge in [-0.05, 0) is 36.4 Å². The van der Waals surface area contributed by atoms with Crippen molar-refractivity contribution in [2.45, 2.75) is 6.54 Å². The lowest BCUT2D eigenvalue weighted by Crippen LogP contribution is -2.46. The fraction of sp³-hybridized carbons (Fsp3) is 0.300. The van der Waals surface area contributed by atoms with Crippen LogP contribution in [0.1, 0.15) is 15.9 Å². The van der Waals surface area contributed by atoms with Gasteiger partial charge in [-0.3, -0.25) is 4.90 Å². The Morgan fingerprint density at radius 2 is 1.79 bits per heavy atom.